The minimum absolute atomic E-state index is 0.0713. The maximum absolute atomic E-state index is 13.4. The molecule has 0 saturated heterocycles. The van der Waals surface area contributed by atoms with Gasteiger partial charge in [-0.1, -0.05) is 44.7 Å². The fourth-order valence-corrected chi connectivity index (χ4v) is 1.40. The Bertz CT molecular complexity index is 512. The quantitative estimate of drug-likeness (QED) is 0.360. The van der Waals surface area contributed by atoms with Crippen LogP contribution in [0.15, 0.2) is 52.7 Å². The van der Waals surface area contributed by atoms with Crippen molar-refractivity contribution in [1.29, 1.82) is 5.26 Å². The summed E-state index contributed by atoms with van der Waals surface area (Å²) in [5.41, 5.74) is 1.40. The summed E-state index contributed by atoms with van der Waals surface area (Å²) in [6.07, 6.45) is 9.23. The van der Waals surface area contributed by atoms with Gasteiger partial charge in [0, 0.05) is 12.1 Å². The second kappa shape index (κ2) is 9.02. The van der Waals surface area contributed by atoms with E-state index in [-0.39, 0.29) is 5.70 Å². The van der Waals surface area contributed by atoms with Crippen LogP contribution >= 0.6 is 0 Å². The Morgan fingerprint density at radius 3 is 2.48 bits per heavy atom. The molecular formula is C17H22F2N2. The summed E-state index contributed by atoms with van der Waals surface area (Å²) in [5.74, 6) is -3.70. The van der Waals surface area contributed by atoms with Crippen LogP contribution < -0.4 is 0 Å². The Kier molecular flexibility index (Phi) is 8.15. The van der Waals surface area contributed by atoms with Gasteiger partial charge in [0.1, 0.15) is 11.8 Å². The fourth-order valence-electron chi connectivity index (χ4n) is 1.40. The third-order valence-corrected chi connectivity index (χ3v) is 2.90. The number of rotatable bonds is 7. The van der Waals surface area contributed by atoms with Crippen molar-refractivity contribution in [2.24, 2.45) is 10.9 Å². The second-order valence-corrected chi connectivity index (χ2v) is 4.74. The molecule has 2 nitrogen and oxygen atoms in total. The first kappa shape index (κ1) is 19.0. The van der Waals surface area contributed by atoms with Crippen molar-refractivity contribution >= 4 is 6.21 Å². The van der Waals surface area contributed by atoms with Crippen molar-refractivity contribution in [3.05, 3.63) is 47.7 Å². The molecule has 0 radical (unpaired) electrons. The van der Waals surface area contributed by atoms with Gasteiger partial charge in [-0.2, -0.15) is 5.26 Å². The largest absolute Gasteiger partial charge is 0.251 e. The molecule has 21 heavy (non-hydrogen) atoms. The lowest BCUT2D eigenvalue weighted by Gasteiger charge is -2.17. The summed E-state index contributed by atoms with van der Waals surface area (Å²) in [6.45, 7) is 9.58. The van der Waals surface area contributed by atoms with Gasteiger partial charge in [0.15, 0.2) is 0 Å². The number of alkyl halides is 2. The standard InChI is InChI=1S/C17H22F2N2/c1-6-8-9-16(10-13(3)17(5,18)19)15(7-2)12-21-14(4)11-20/h7-10,12-13H,4,6H2,1-3,5H3/b9-8-,15-7+,16-10-,21-12-. The third-order valence-electron chi connectivity index (χ3n) is 2.90. The van der Waals surface area contributed by atoms with E-state index in [1.807, 2.05) is 19.1 Å². The molecule has 0 fully saturated rings. The van der Waals surface area contributed by atoms with Gasteiger partial charge < -0.3 is 0 Å². The van der Waals surface area contributed by atoms with Gasteiger partial charge >= 0.3 is 0 Å². The van der Waals surface area contributed by atoms with Crippen LogP contribution in [-0.2, 0) is 0 Å². The van der Waals surface area contributed by atoms with Gasteiger partial charge in [0.2, 0.25) is 0 Å². The van der Waals surface area contributed by atoms with E-state index in [1.54, 1.807) is 19.1 Å². The van der Waals surface area contributed by atoms with E-state index >= 15 is 0 Å². The van der Waals surface area contributed by atoms with E-state index in [9.17, 15) is 8.78 Å². The van der Waals surface area contributed by atoms with Gasteiger partial charge in [-0.15, -0.1) is 0 Å². The van der Waals surface area contributed by atoms with Crippen LogP contribution in [0.4, 0.5) is 8.78 Å². The van der Waals surface area contributed by atoms with Gasteiger partial charge in [-0.25, -0.2) is 13.8 Å². The lowest BCUT2D eigenvalue weighted by Crippen LogP contribution is -2.19. The molecular weight excluding hydrogens is 270 g/mol. The first-order chi connectivity index (χ1) is 9.76. The zero-order valence-corrected chi connectivity index (χ0v) is 13.0. The van der Waals surface area contributed by atoms with Crippen molar-refractivity contribution < 1.29 is 8.78 Å². The SMILES string of the molecule is C=C(C#N)\N=C/C(=C\C)C(/C=C\CC)=C\C(C)C(C)(F)F. The minimum Gasteiger partial charge on any atom is -0.246 e. The van der Waals surface area contributed by atoms with E-state index in [0.29, 0.717) is 11.1 Å². The highest BCUT2D eigenvalue weighted by molar-refractivity contribution is 5.86. The van der Waals surface area contributed by atoms with E-state index < -0.39 is 11.8 Å². The van der Waals surface area contributed by atoms with Crippen molar-refractivity contribution in [2.75, 3.05) is 0 Å². The van der Waals surface area contributed by atoms with Gasteiger partial charge in [-0.05, 0) is 31.4 Å². The molecule has 0 rings (SSSR count). The maximum Gasteiger partial charge on any atom is 0.251 e. The van der Waals surface area contributed by atoms with E-state index in [4.69, 9.17) is 5.26 Å². The van der Waals surface area contributed by atoms with Crippen molar-refractivity contribution in [3.8, 4) is 6.07 Å². The Morgan fingerprint density at radius 1 is 1.43 bits per heavy atom. The summed E-state index contributed by atoms with van der Waals surface area (Å²) >= 11 is 0. The monoisotopic (exact) mass is 292 g/mol. The number of halogens is 2. The Morgan fingerprint density at radius 2 is 2.05 bits per heavy atom. The predicted molar refractivity (Wildman–Crippen MR) is 84.3 cm³/mol. The number of nitrogens with zero attached hydrogens (tertiary/aromatic N) is 2. The lowest BCUT2D eigenvalue weighted by molar-refractivity contribution is -0.0143. The first-order valence-electron chi connectivity index (χ1n) is 6.82. The van der Waals surface area contributed by atoms with Crippen LogP contribution in [0.3, 0.4) is 0 Å². The molecule has 0 aromatic carbocycles. The van der Waals surface area contributed by atoms with E-state index in [0.717, 1.165) is 13.3 Å². The summed E-state index contributed by atoms with van der Waals surface area (Å²) in [6, 6.07) is 1.81. The molecule has 0 bridgehead atoms. The van der Waals surface area contributed by atoms with Gasteiger partial charge in [-0.3, -0.25) is 0 Å². The summed E-state index contributed by atoms with van der Waals surface area (Å²) < 4.78 is 26.7. The third kappa shape index (κ3) is 7.36. The smallest absolute Gasteiger partial charge is 0.246 e. The molecule has 0 saturated carbocycles. The van der Waals surface area contributed by atoms with Crippen LogP contribution in [0, 0.1) is 17.2 Å². The van der Waals surface area contributed by atoms with Crippen LogP contribution in [0.2, 0.25) is 0 Å². The molecule has 0 spiro atoms. The molecule has 0 amide bonds. The topological polar surface area (TPSA) is 36.1 Å². The molecule has 1 atom stereocenters. The molecule has 0 aromatic rings. The van der Waals surface area contributed by atoms with Crippen molar-refractivity contribution in [1.82, 2.24) is 0 Å². The first-order valence-corrected chi connectivity index (χ1v) is 6.82. The zero-order chi connectivity index (χ0) is 16.5. The van der Waals surface area contributed by atoms with Gasteiger partial charge in [0.05, 0.1) is 0 Å². The maximum atomic E-state index is 13.4. The molecule has 0 heterocycles. The Labute approximate surface area is 125 Å². The molecule has 0 N–H and O–H groups in total. The molecule has 0 aliphatic heterocycles. The Hall–Kier alpha value is -2.02. The number of allylic oxidation sites excluding steroid dienone is 7. The average Bonchev–Trinajstić information content (AvgIpc) is 2.43. The highest BCUT2D eigenvalue weighted by Crippen LogP contribution is 2.27. The second-order valence-electron chi connectivity index (χ2n) is 4.74. The number of aliphatic imine (C=N–C) groups is 1. The summed E-state index contributed by atoms with van der Waals surface area (Å²) in [4.78, 5) is 3.90. The zero-order valence-electron chi connectivity index (χ0n) is 13.0. The van der Waals surface area contributed by atoms with Crippen molar-refractivity contribution in [3.63, 3.8) is 0 Å². The highest BCUT2D eigenvalue weighted by atomic mass is 19.3. The van der Waals surface area contributed by atoms with Gasteiger partial charge in [0.25, 0.3) is 5.92 Å². The van der Waals surface area contributed by atoms with Crippen LogP contribution in [-0.4, -0.2) is 12.1 Å². The molecule has 0 aromatic heterocycles. The summed E-state index contributed by atoms with van der Waals surface area (Å²) in [5, 5.41) is 8.64. The molecule has 0 aliphatic rings. The molecule has 4 heteroatoms. The minimum atomic E-state index is -2.79. The number of hydrogen-bond acceptors (Lipinski definition) is 2. The molecule has 0 aliphatic carbocycles. The molecule has 1 unspecified atom stereocenters. The van der Waals surface area contributed by atoms with Crippen LogP contribution in [0.1, 0.15) is 34.1 Å². The fraction of sp³-hybridized carbons (Fsp3) is 0.412. The lowest BCUT2D eigenvalue weighted by atomic mass is 9.97. The highest BCUT2D eigenvalue weighted by Gasteiger charge is 2.28. The van der Waals surface area contributed by atoms with Crippen LogP contribution in [0.25, 0.3) is 0 Å². The number of hydrogen-bond donors (Lipinski definition) is 0. The van der Waals surface area contributed by atoms with E-state index in [2.05, 4.69) is 11.6 Å². The molecule has 114 valence electrons. The van der Waals surface area contributed by atoms with Crippen molar-refractivity contribution in [2.45, 2.75) is 40.0 Å². The average molecular weight is 292 g/mol. The van der Waals surface area contributed by atoms with Crippen LogP contribution in [0.5, 0.6) is 0 Å². The van der Waals surface area contributed by atoms with E-state index in [1.165, 1.54) is 19.2 Å². The number of nitriles is 1. The predicted octanol–water partition coefficient (Wildman–Crippen LogP) is 5.22. The Balaban J connectivity index is 5.55. The normalized spacial score (nSPS) is 15.5. The summed E-state index contributed by atoms with van der Waals surface area (Å²) in [7, 11) is 0.